The van der Waals surface area contributed by atoms with E-state index in [9.17, 15) is 5.11 Å². The lowest BCUT2D eigenvalue weighted by Gasteiger charge is -2.23. The molecule has 0 aromatic heterocycles. The lowest BCUT2D eigenvalue weighted by Crippen LogP contribution is -2.38. The highest BCUT2D eigenvalue weighted by molar-refractivity contribution is 4.86. The SMILES string of the molecule is CC1(C)CCC(NCC(O)COC(C)(C)C)C1. The van der Waals surface area contributed by atoms with Gasteiger partial charge in [0.2, 0.25) is 0 Å². The molecule has 0 aromatic rings. The van der Waals surface area contributed by atoms with Gasteiger partial charge in [-0.15, -0.1) is 0 Å². The monoisotopic (exact) mass is 243 g/mol. The van der Waals surface area contributed by atoms with Crippen molar-refractivity contribution in [2.75, 3.05) is 13.2 Å². The van der Waals surface area contributed by atoms with Gasteiger partial charge < -0.3 is 15.2 Å². The molecule has 2 atom stereocenters. The summed E-state index contributed by atoms with van der Waals surface area (Å²) < 4.78 is 5.56. The summed E-state index contributed by atoms with van der Waals surface area (Å²) in [6, 6.07) is 0.564. The van der Waals surface area contributed by atoms with Crippen LogP contribution in [0.1, 0.15) is 53.9 Å². The van der Waals surface area contributed by atoms with Gasteiger partial charge in [-0.2, -0.15) is 0 Å². The molecule has 1 fully saturated rings. The Morgan fingerprint density at radius 1 is 1.41 bits per heavy atom. The van der Waals surface area contributed by atoms with Gasteiger partial charge in [-0.05, 0) is 45.4 Å². The van der Waals surface area contributed by atoms with Crippen LogP contribution in [-0.2, 0) is 4.74 Å². The van der Waals surface area contributed by atoms with Gasteiger partial charge in [0.05, 0.1) is 18.3 Å². The fourth-order valence-corrected chi connectivity index (χ4v) is 2.32. The number of rotatable bonds is 5. The van der Waals surface area contributed by atoms with Crippen LogP contribution in [0.3, 0.4) is 0 Å². The first-order chi connectivity index (χ1) is 7.68. The maximum atomic E-state index is 9.82. The van der Waals surface area contributed by atoms with E-state index >= 15 is 0 Å². The molecule has 0 aliphatic heterocycles. The van der Waals surface area contributed by atoms with E-state index in [2.05, 4.69) is 19.2 Å². The Hall–Kier alpha value is -0.120. The summed E-state index contributed by atoms with van der Waals surface area (Å²) in [5.41, 5.74) is 0.293. The molecule has 3 nitrogen and oxygen atoms in total. The molecule has 0 saturated heterocycles. The Balaban J connectivity index is 2.14. The molecule has 2 unspecified atom stereocenters. The van der Waals surface area contributed by atoms with E-state index in [1.165, 1.54) is 19.3 Å². The first kappa shape index (κ1) is 14.9. The third kappa shape index (κ3) is 6.39. The summed E-state index contributed by atoms with van der Waals surface area (Å²) in [5, 5.41) is 13.3. The zero-order valence-electron chi connectivity index (χ0n) is 12.0. The third-order valence-corrected chi connectivity index (χ3v) is 3.32. The molecule has 0 bridgehead atoms. The van der Waals surface area contributed by atoms with Crippen LogP contribution in [0.25, 0.3) is 0 Å². The van der Waals surface area contributed by atoms with Crippen molar-refractivity contribution in [2.45, 2.75) is 71.6 Å². The number of hydrogen-bond donors (Lipinski definition) is 2. The zero-order valence-corrected chi connectivity index (χ0v) is 12.0. The first-order valence-corrected chi connectivity index (χ1v) is 6.73. The van der Waals surface area contributed by atoms with Gasteiger partial charge in [-0.3, -0.25) is 0 Å². The number of aliphatic hydroxyl groups excluding tert-OH is 1. The van der Waals surface area contributed by atoms with Crippen molar-refractivity contribution in [3.05, 3.63) is 0 Å². The van der Waals surface area contributed by atoms with Crippen LogP contribution < -0.4 is 5.32 Å². The largest absolute Gasteiger partial charge is 0.389 e. The summed E-state index contributed by atoms with van der Waals surface area (Å²) in [5.74, 6) is 0. The minimum absolute atomic E-state index is 0.170. The molecule has 102 valence electrons. The number of hydrogen-bond acceptors (Lipinski definition) is 3. The average molecular weight is 243 g/mol. The van der Waals surface area contributed by atoms with Crippen molar-refractivity contribution in [2.24, 2.45) is 5.41 Å². The predicted octanol–water partition coefficient (Wildman–Crippen LogP) is 2.33. The summed E-state index contributed by atoms with van der Waals surface area (Å²) in [6.45, 7) is 11.7. The van der Waals surface area contributed by atoms with E-state index in [0.717, 1.165) is 0 Å². The van der Waals surface area contributed by atoms with Crippen LogP contribution in [0.5, 0.6) is 0 Å². The molecule has 0 heterocycles. The Bertz CT molecular complexity index is 233. The average Bonchev–Trinajstić information content (AvgIpc) is 2.51. The van der Waals surface area contributed by atoms with Gasteiger partial charge in [0, 0.05) is 12.6 Å². The van der Waals surface area contributed by atoms with Crippen molar-refractivity contribution < 1.29 is 9.84 Å². The second-order valence-corrected chi connectivity index (χ2v) is 7.09. The summed E-state index contributed by atoms with van der Waals surface area (Å²) in [7, 11) is 0. The molecule has 1 aliphatic carbocycles. The molecule has 1 rings (SSSR count). The molecule has 1 saturated carbocycles. The molecule has 1 aliphatic rings. The lowest BCUT2D eigenvalue weighted by molar-refractivity contribution is -0.0483. The van der Waals surface area contributed by atoms with Crippen LogP contribution in [0.2, 0.25) is 0 Å². The molecule has 0 amide bonds. The Labute approximate surface area is 106 Å². The van der Waals surface area contributed by atoms with E-state index in [4.69, 9.17) is 4.74 Å². The Kier molecular flexibility index (Phi) is 4.99. The number of nitrogens with one attached hydrogen (secondary N) is 1. The van der Waals surface area contributed by atoms with Crippen molar-refractivity contribution in [1.29, 1.82) is 0 Å². The van der Waals surface area contributed by atoms with Crippen LogP contribution in [-0.4, -0.2) is 36.0 Å². The van der Waals surface area contributed by atoms with Gasteiger partial charge in [-0.25, -0.2) is 0 Å². The predicted molar refractivity (Wildman–Crippen MR) is 71.1 cm³/mol. The van der Waals surface area contributed by atoms with Crippen LogP contribution in [0.4, 0.5) is 0 Å². The molecule has 17 heavy (non-hydrogen) atoms. The molecule has 0 radical (unpaired) electrons. The molecule has 3 heteroatoms. The summed E-state index contributed by atoms with van der Waals surface area (Å²) in [4.78, 5) is 0. The minimum atomic E-state index is -0.405. The normalized spacial score (nSPS) is 26.1. The maximum Gasteiger partial charge on any atom is 0.0898 e. The van der Waals surface area contributed by atoms with Crippen LogP contribution in [0.15, 0.2) is 0 Å². The highest BCUT2D eigenvalue weighted by Crippen LogP contribution is 2.36. The van der Waals surface area contributed by atoms with E-state index < -0.39 is 6.10 Å². The van der Waals surface area contributed by atoms with Crippen molar-refractivity contribution in [3.8, 4) is 0 Å². The fraction of sp³-hybridized carbons (Fsp3) is 1.00. The molecular formula is C14H29NO2. The molecule has 2 N–H and O–H groups in total. The minimum Gasteiger partial charge on any atom is -0.389 e. The first-order valence-electron chi connectivity index (χ1n) is 6.73. The fourth-order valence-electron chi connectivity index (χ4n) is 2.32. The molecule has 0 aromatic carbocycles. The van der Waals surface area contributed by atoms with E-state index in [1.54, 1.807) is 0 Å². The number of ether oxygens (including phenoxy) is 1. The topological polar surface area (TPSA) is 41.5 Å². The van der Waals surface area contributed by atoms with Gasteiger partial charge in [0.1, 0.15) is 0 Å². The third-order valence-electron chi connectivity index (χ3n) is 3.32. The quantitative estimate of drug-likeness (QED) is 0.778. The summed E-state index contributed by atoms with van der Waals surface area (Å²) in [6.07, 6.45) is 3.30. The van der Waals surface area contributed by atoms with E-state index in [0.29, 0.717) is 24.6 Å². The van der Waals surface area contributed by atoms with E-state index in [-0.39, 0.29) is 5.60 Å². The maximum absolute atomic E-state index is 9.82. The number of aliphatic hydroxyl groups is 1. The smallest absolute Gasteiger partial charge is 0.0898 e. The van der Waals surface area contributed by atoms with Crippen molar-refractivity contribution >= 4 is 0 Å². The zero-order chi connectivity index (χ0) is 13.1. The molecule has 0 spiro atoms. The van der Waals surface area contributed by atoms with Crippen LogP contribution in [0, 0.1) is 5.41 Å². The Morgan fingerprint density at radius 3 is 2.53 bits per heavy atom. The lowest BCUT2D eigenvalue weighted by atomic mass is 9.92. The van der Waals surface area contributed by atoms with Crippen molar-refractivity contribution in [3.63, 3.8) is 0 Å². The van der Waals surface area contributed by atoms with Gasteiger partial charge in [-0.1, -0.05) is 13.8 Å². The van der Waals surface area contributed by atoms with Crippen molar-refractivity contribution in [1.82, 2.24) is 5.32 Å². The van der Waals surface area contributed by atoms with Gasteiger partial charge >= 0.3 is 0 Å². The highest BCUT2D eigenvalue weighted by atomic mass is 16.5. The van der Waals surface area contributed by atoms with E-state index in [1.807, 2.05) is 20.8 Å². The second-order valence-electron chi connectivity index (χ2n) is 7.09. The Morgan fingerprint density at radius 2 is 2.06 bits per heavy atom. The standard InChI is InChI=1S/C14H29NO2/c1-13(2,3)17-10-12(16)9-15-11-6-7-14(4,5)8-11/h11-12,15-16H,6-10H2,1-5H3. The molecular weight excluding hydrogens is 214 g/mol. The highest BCUT2D eigenvalue weighted by Gasteiger charge is 2.30. The second kappa shape index (κ2) is 5.68. The summed E-state index contributed by atoms with van der Waals surface area (Å²) >= 11 is 0. The van der Waals surface area contributed by atoms with Gasteiger partial charge in [0.15, 0.2) is 0 Å². The van der Waals surface area contributed by atoms with Crippen LogP contribution >= 0.6 is 0 Å². The van der Waals surface area contributed by atoms with Gasteiger partial charge in [0.25, 0.3) is 0 Å².